The van der Waals surface area contributed by atoms with Crippen molar-refractivity contribution in [3.8, 4) is 5.69 Å². The lowest BCUT2D eigenvalue weighted by atomic mass is 10.1. The highest BCUT2D eigenvalue weighted by atomic mass is 16.2. The molecule has 1 aliphatic rings. The van der Waals surface area contributed by atoms with Gasteiger partial charge in [0.2, 0.25) is 11.9 Å². The first-order chi connectivity index (χ1) is 11.2. The van der Waals surface area contributed by atoms with E-state index in [0.29, 0.717) is 13.1 Å². The molecule has 0 spiro atoms. The van der Waals surface area contributed by atoms with Gasteiger partial charge in [0.25, 0.3) is 0 Å². The van der Waals surface area contributed by atoms with E-state index in [2.05, 4.69) is 20.4 Å². The second kappa shape index (κ2) is 6.76. The van der Waals surface area contributed by atoms with Crippen molar-refractivity contribution < 1.29 is 4.79 Å². The standard InChI is InChI=1S/C16H22N6O/c1-3-13(2)15(23)20-9-11-21(12-10-20)16-17-18-19-22(16)14-7-5-4-6-8-14/h4-8,13H,3,9-12H2,1-2H3/t13-/m1/s1. The minimum atomic E-state index is 0.0937. The van der Waals surface area contributed by atoms with Crippen LogP contribution in [0.15, 0.2) is 30.3 Å². The van der Waals surface area contributed by atoms with Gasteiger partial charge in [-0.05, 0) is 29.0 Å². The molecule has 0 saturated carbocycles. The first kappa shape index (κ1) is 15.5. The average molecular weight is 314 g/mol. The highest BCUT2D eigenvalue weighted by Gasteiger charge is 2.26. The molecule has 1 saturated heterocycles. The van der Waals surface area contributed by atoms with Crippen LogP contribution < -0.4 is 4.90 Å². The molecule has 23 heavy (non-hydrogen) atoms. The maximum absolute atomic E-state index is 12.3. The van der Waals surface area contributed by atoms with E-state index >= 15 is 0 Å². The van der Waals surface area contributed by atoms with Crippen molar-refractivity contribution in [1.82, 2.24) is 25.1 Å². The molecule has 0 aliphatic carbocycles. The zero-order valence-corrected chi connectivity index (χ0v) is 13.6. The number of hydrogen-bond acceptors (Lipinski definition) is 5. The maximum atomic E-state index is 12.3. The molecule has 122 valence electrons. The van der Waals surface area contributed by atoms with Crippen molar-refractivity contribution in [2.75, 3.05) is 31.1 Å². The number of para-hydroxylation sites is 1. The Morgan fingerprint density at radius 3 is 2.52 bits per heavy atom. The van der Waals surface area contributed by atoms with Gasteiger partial charge in [0.05, 0.1) is 5.69 Å². The molecule has 2 aromatic rings. The van der Waals surface area contributed by atoms with Crippen LogP contribution in [0.1, 0.15) is 20.3 Å². The highest BCUT2D eigenvalue weighted by molar-refractivity contribution is 5.78. The molecule has 1 atom stereocenters. The molecule has 0 radical (unpaired) electrons. The summed E-state index contributed by atoms with van der Waals surface area (Å²) in [5, 5.41) is 12.1. The third-order valence-corrected chi connectivity index (χ3v) is 4.36. The van der Waals surface area contributed by atoms with Crippen LogP contribution in [0.5, 0.6) is 0 Å². The van der Waals surface area contributed by atoms with Crippen LogP contribution in [0.4, 0.5) is 5.95 Å². The van der Waals surface area contributed by atoms with Crippen LogP contribution in [0.2, 0.25) is 0 Å². The molecular weight excluding hydrogens is 292 g/mol. The van der Waals surface area contributed by atoms with Gasteiger partial charge >= 0.3 is 0 Å². The molecule has 3 rings (SSSR count). The lowest BCUT2D eigenvalue weighted by Gasteiger charge is -2.35. The van der Waals surface area contributed by atoms with Crippen molar-refractivity contribution in [2.45, 2.75) is 20.3 Å². The molecule has 7 nitrogen and oxygen atoms in total. The summed E-state index contributed by atoms with van der Waals surface area (Å²) in [5.41, 5.74) is 0.936. The number of piperazine rings is 1. The summed E-state index contributed by atoms with van der Waals surface area (Å²) >= 11 is 0. The largest absolute Gasteiger partial charge is 0.339 e. The van der Waals surface area contributed by atoms with E-state index in [0.717, 1.165) is 31.1 Å². The SMILES string of the molecule is CC[C@@H](C)C(=O)N1CCN(c2nnnn2-c2ccccc2)CC1. The number of aromatic nitrogens is 4. The normalized spacial score (nSPS) is 16.4. The minimum Gasteiger partial charge on any atom is -0.339 e. The van der Waals surface area contributed by atoms with Crippen LogP contribution in [0.3, 0.4) is 0 Å². The summed E-state index contributed by atoms with van der Waals surface area (Å²) in [7, 11) is 0. The number of nitrogens with zero attached hydrogens (tertiary/aromatic N) is 6. The number of anilines is 1. The predicted octanol–water partition coefficient (Wildman–Crippen LogP) is 1.36. The van der Waals surface area contributed by atoms with Crippen LogP contribution in [-0.2, 0) is 4.79 Å². The van der Waals surface area contributed by atoms with Gasteiger partial charge in [0.1, 0.15) is 0 Å². The first-order valence-electron chi connectivity index (χ1n) is 8.08. The van der Waals surface area contributed by atoms with E-state index in [1.807, 2.05) is 49.1 Å². The monoisotopic (exact) mass is 314 g/mol. The zero-order valence-electron chi connectivity index (χ0n) is 13.6. The van der Waals surface area contributed by atoms with Crippen LogP contribution in [0.25, 0.3) is 5.69 Å². The minimum absolute atomic E-state index is 0.0937. The molecule has 0 bridgehead atoms. The molecule has 7 heteroatoms. The Labute approximate surface area is 135 Å². The summed E-state index contributed by atoms with van der Waals surface area (Å²) in [6.07, 6.45) is 0.880. The van der Waals surface area contributed by atoms with Crippen LogP contribution in [-0.4, -0.2) is 57.2 Å². The second-order valence-electron chi connectivity index (χ2n) is 5.85. The second-order valence-corrected chi connectivity index (χ2v) is 5.85. The summed E-state index contributed by atoms with van der Waals surface area (Å²) < 4.78 is 1.74. The van der Waals surface area contributed by atoms with Gasteiger partial charge < -0.3 is 9.80 Å². The number of carbonyl (C=O) groups is 1. The molecule has 1 fully saturated rings. The fraction of sp³-hybridized carbons (Fsp3) is 0.500. The highest BCUT2D eigenvalue weighted by Crippen LogP contribution is 2.18. The number of tetrazole rings is 1. The number of carbonyl (C=O) groups excluding carboxylic acids is 1. The molecule has 0 unspecified atom stereocenters. The van der Waals surface area contributed by atoms with Crippen molar-refractivity contribution in [2.24, 2.45) is 5.92 Å². The Morgan fingerprint density at radius 1 is 1.17 bits per heavy atom. The van der Waals surface area contributed by atoms with E-state index in [4.69, 9.17) is 0 Å². The lowest BCUT2D eigenvalue weighted by molar-refractivity contribution is -0.135. The van der Waals surface area contributed by atoms with E-state index in [1.54, 1.807) is 4.68 Å². The molecule has 1 amide bonds. The van der Waals surface area contributed by atoms with Crippen molar-refractivity contribution >= 4 is 11.9 Å². The van der Waals surface area contributed by atoms with Crippen LogP contribution >= 0.6 is 0 Å². The van der Waals surface area contributed by atoms with Gasteiger partial charge in [-0.15, -0.1) is 0 Å². The first-order valence-corrected chi connectivity index (χ1v) is 8.08. The smallest absolute Gasteiger partial charge is 0.250 e. The topological polar surface area (TPSA) is 67.2 Å². The molecule has 2 heterocycles. The van der Waals surface area contributed by atoms with E-state index in [1.165, 1.54) is 0 Å². The fourth-order valence-corrected chi connectivity index (χ4v) is 2.73. The predicted molar refractivity (Wildman–Crippen MR) is 87.4 cm³/mol. The Kier molecular flexibility index (Phi) is 4.55. The Morgan fingerprint density at radius 2 is 1.87 bits per heavy atom. The van der Waals surface area contributed by atoms with Gasteiger partial charge in [-0.1, -0.05) is 37.1 Å². The van der Waals surface area contributed by atoms with Crippen molar-refractivity contribution in [3.05, 3.63) is 30.3 Å². The maximum Gasteiger partial charge on any atom is 0.250 e. The van der Waals surface area contributed by atoms with Gasteiger partial charge in [-0.25, -0.2) is 0 Å². The van der Waals surface area contributed by atoms with E-state index in [-0.39, 0.29) is 11.8 Å². The summed E-state index contributed by atoms with van der Waals surface area (Å²) in [6.45, 7) is 6.96. The number of hydrogen-bond donors (Lipinski definition) is 0. The van der Waals surface area contributed by atoms with E-state index in [9.17, 15) is 4.79 Å². The fourth-order valence-electron chi connectivity index (χ4n) is 2.73. The van der Waals surface area contributed by atoms with Gasteiger partial charge in [-0.3, -0.25) is 4.79 Å². The van der Waals surface area contributed by atoms with Gasteiger partial charge in [0.15, 0.2) is 0 Å². The van der Waals surface area contributed by atoms with Gasteiger partial charge in [-0.2, -0.15) is 4.68 Å². The number of rotatable bonds is 4. The Hall–Kier alpha value is -2.44. The van der Waals surface area contributed by atoms with Crippen molar-refractivity contribution in [1.29, 1.82) is 0 Å². The molecule has 1 aliphatic heterocycles. The summed E-state index contributed by atoms with van der Waals surface area (Å²) in [5.74, 6) is 1.07. The Balaban J connectivity index is 1.70. The lowest BCUT2D eigenvalue weighted by Crippen LogP contribution is -2.50. The number of benzene rings is 1. The zero-order chi connectivity index (χ0) is 16.2. The summed E-state index contributed by atoms with van der Waals surface area (Å²) in [4.78, 5) is 16.4. The average Bonchev–Trinajstić information content (AvgIpc) is 3.11. The van der Waals surface area contributed by atoms with E-state index < -0.39 is 0 Å². The molecule has 1 aromatic heterocycles. The molecule has 0 N–H and O–H groups in total. The third-order valence-electron chi connectivity index (χ3n) is 4.36. The Bertz CT molecular complexity index is 648. The van der Waals surface area contributed by atoms with Gasteiger partial charge in [0, 0.05) is 32.1 Å². The molecule has 1 aromatic carbocycles. The third kappa shape index (κ3) is 3.18. The van der Waals surface area contributed by atoms with Crippen LogP contribution in [0, 0.1) is 5.92 Å². The summed E-state index contributed by atoms with van der Waals surface area (Å²) in [6, 6.07) is 9.84. The quantitative estimate of drug-likeness (QED) is 0.852. The molecular formula is C16H22N6O. The van der Waals surface area contributed by atoms with Crippen molar-refractivity contribution in [3.63, 3.8) is 0 Å². The number of amides is 1.